The van der Waals surface area contributed by atoms with Gasteiger partial charge in [0.1, 0.15) is 5.04 Å². The first kappa shape index (κ1) is 16.9. The van der Waals surface area contributed by atoms with Crippen molar-refractivity contribution in [1.82, 2.24) is 9.99 Å². The van der Waals surface area contributed by atoms with Crippen LogP contribution in [-0.4, -0.2) is 43.0 Å². The molecule has 0 atom stereocenters. The Morgan fingerprint density at radius 2 is 1.85 bits per heavy atom. The van der Waals surface area contributed by atoms with Gasteiger partial charge in [0.2, 0.25) is 5.17 Å². The van der Waals surface area contributed by atoms with E-state index in [0.717, 1.165) is 5.56 Å². The van der Waals surface area contributed by atoms with Crippen LogP contribution in [0.15, 0.2) is 64.5 Å². The number of fused-ring (bicyclic) bond motifs is 1. The molecule has 4 rings (SSSR count). The Morgan fingerprint density at radius 1 is 1.15 bits per heavy atom. The molecule has 2 aliphatic heterocycles. The van der Waals surface area contributed by atoms with Gasteiger partial charge in [-0.1, -0.05) is 12.1 Å². The van der Waals surface area contributed by atoms with E-state index in [0.29, 0.717) is 15.8 Å². The van der Waals surface area contributed by atoms with Crippen LogP contribution in [0.3, 0.4) is 0 Å². The maximum atomic E-state index is 12.4. The molecule has 0 radical (unpaired) electrons. The molecular formula is C18H11N5O3S. The van der Waals surface area contributed by atoms with E-state index in [2.05, 4.69) is 15.1 Å². The summed E-state index contributed by atoms with van der Waals surface area (Å²) in [5.41, 5.74) is 1.64. The summed E-state index contributed by atoms with van der Waals surface area (Å²) in [5, 5.41) is 24.0. The van der Waals surface area contributed by atoms with Gasteiger partial charge in [-0.2, -0.15) is 15.1 Å². The monoisotopic (exact) mass is 377 g/mol. The fourth-order valence-electron chi connectivity index (χ4n) is 2.49. The van der Waals surface area contributed by atoms with Gasteiger partial charge in [-0.05, 0) is 47.7 Å². The molecule has 0 aliphatic carbocycles. The predicted octanol–water partition coefficient (Wildman–Crippen LogP) is 2.45. The Bertz CT molecular complexity index is 1060. The van der Waals surface area contributed by atoms with Crippen LogP contribution in [0.5, 0.6) is 0 Å². The molecule has 2 N–H and O–H groups in total. The Balaban J connectivity index is 1.66. The fraction of sp³-hybridized carbons (Fsp3) is 0. The number of nitrogens with one attached hydrogen (secondary N) is 1. The van der Waals surface area contributed by atoms with Crippen LogP contribution in [0.25, 0.3) is 6.08 Å². The highest BCUT2D eigenvalue weighted by atomic mass is 32.2. The summed E-state index contributed by atoms with van der Waals surface area (Å²) in [6, 6.07) is 9.59. The number of carboxylic acid groups (broad SMARTS) is 1. The van der Waals surface area contributed by atoms with Crippen LogP contribution < -0.4 is 0 Å². The number of aromatic carboxylic acids is 1. The lowest BCUT2D eigenvalue weighted by atomic mass is 10.1. The molecule has 8 nitrogen and oxygen atoms in total. The number of nitrogens with zero attached hydrogens (tertiary/aromatic N) is 4. The van der Waals surface area contributed by atoms with Crippen LogP contribution in [0, 0.1) is 5.41 Å². The lowest BCUT2D eigenvalue weighted by molar-refractivity contribution is -0.114. The molecule has 0 bridgehead atoms. The highest BCUT2D eigenvalue weighted by molar-refractivity contribution is 8.27. The summed E-state index contributed by atoms with van der Waals surface area (Å²) in [4.78, 5) is 31.3. The second-order valence-corrected chi connectivity index (χ2v) is 6.54. The maximum Gasteiger partial charge on any atom is 0.335 e. The van der Waals surface area contributed by atoms with E-state index >= 15 is 0 Å². The van der Waals surface area contributed by atoms with Crippen molar-refractivity contribution in [2.45, 2.75) is 0 Å². The number of aliphatic imine (C=N–C) groups is 1. The number of aromatic nitrogens is 1. The molecule has 0 saturated carbocycles. The molecule has 0 spiro atoms. The van der Waals surface area contributed by atoms with E-state index in [1.165, 1.54) is 35.0 Å². The van der Waals surface area contributed by atoms with Crippen LogP contribution in [0.1, 0.15) is 21.5 Å². The second-order valence-electron chi connectivity index (χ2n) is 5.59. The zero-order valence-corrected chi connectivity index (χ0v) is 14.5. The van der Waals surface area contributed by atoms with Crippen LogP contribution in [0.2, 0.25) is 0 Å². The molecule has 2 aliphatic rings. The number of amides is 1. The Morgan fingerprint density at radius 3 is 2.52 bits per heavy atom. The molecule has 3 heterocycles. The standard InChI is InChI=1S/C18H11N5O3S/c19-14-13(9-10-1-3-12(4-2-10)17(25)26)15(24)21-18-23(14)22-16(27-18)11-5-7-20-8-6-11/h1-9,19H,(H,25,26)/b13-9+,19-14?. The molecular weight excluding hydrogens is 366 g/mol. The van der Waals surface area contributed by atoms with E-state index in [1.807, 2.05) is 0 Å². The number of benzene rings is 1. The van der Waals surface area contributed by atoms with Crippen molar-refractivity contribution in [3.63, 3.8) is 0 Å². The molecule has 27 heavy (non-hydrogen) atoms. The van der Waals surface area contributed by atoms with Crippen molar-refractivity contribution in [2.75, 3.05) is 0 Å². The average Bonchev–Trinajstić information content (AvgIpc) is 3.10. The van der Waals surface area contributed by atoms with E-state index in [9.17, 15) is 9.59 Å². The molecule has 132 valence electrons. The minimum atomic E-state index is -1.03. The number of thioether (sulfide) groups is 1. The van der Waals surface area contributed by atoms with Crippen LogP contribution >= 0.6 is 11.8 Å². The zero-order chi connectivity index (χ0) is 19.0. The van der Waals surface area contributed by atoms with Gasteiger partial charge in [-0.15, -0.1) is 0 Å². The van der Waals surface area contributed by atoms with Crippen molar-refractivity contribution >= 4 is 45.8 Å². The van der Waals surface area contributed by atoms with Crippen LogP contribution in [-0.2, 0) is 4.79 Å². The number of amidine groups is 2. The summed E-state index contributed by atoms with van der Waals surface area (Å²) < 4.78 is 0. The molecule has 0 fully saturated rings. The molecule has 1 amide bonds. The molecule has 0 saturated heterocycles. The smallest absolute Gasteiger partial charge is 0.335 e. The molecule has 2 aromatic rings. The Hall–Kier alpha value is -3.59. The number of rotatable bonds is 3. The summed E-state index contributed by atoms with van der Waals surface area (Å²) in [6.07, 6.45) is 4.78. The average molecular weight is 377 g/mol. The first-order valence-electron chi connectivity index (χ1n) is 7.77. The van der Waals surface area contributed by atoms with E-state index in [4.69, 9.17) is 10.5 Å². The van der Waals surface area contributed by atoms with Crippen molar-refractivity contribution in [3.05, 3.63) is 71.1 Å². The number of hydrogen-bond acceptors (Lipinski definition) is 6. The first-order chi connectivity index (χ1) is 13.0. The second kappa shape index (κ2) is 6.61. The Kier molecular flexibility index (Phi) is 4.13. The van der Waals surface area contributed by atoms with E-state index in [1.54, 1.807) is 36.7 Å². The van der Waals surface area contributed by atoms with Gasteiger partial charge in [0, 0.05) is 18.0 Å². The van der Waals surface area contributed by atoms with Gasteiger partial charge < -0.3 is 5.11 Å². The fourth-order valence-corrected chi connectivity index (χ4v) is 3.39. The minimum Gasteiger partial charge on any atom is -0.478 e. The Labute approximate surface area is 157 Å². The number of pyridine rings is 1. The molecule has 9 heteroatoms. The predicted molar refractivity (Wildman–Crippen MR) is 102 cm³/mol. The van der Waals surface area contributed by atoms with Gasteiger partial charge >= 0.3 is 5.97 Å². The third-order valence-electron chi connectivity index (χ3n) is 3.85. The van der Waals surface area contributed by atoms with Crippen molar-refractivity contribution in [1.29, 1.82) is 5.41 Å². The highest BCUT2D eigenvalue weighted by Gasteiger charge is 2.35. The zero-order valence-electron chi connectivity index (χ0n) is 13.7. The quantitative estimate of drug-likeness (QED) is 0.793. The number of hydrazone groups is 1. The lowest BCUT2D eigenvalue weighted by Crippen LogP contribution is -2.35. The van der Waals surface area contributed by atoms with Gasteiger partial charge in [0.25, 0.3) is 5.91 Å². The molecule has 1 aromatic heterocycles. The third-order valence-corrected chi connectivity index (χ3v) is 4.81. The maximum absolute atomic E-state index is 12.4. The summed E-state index contributed by atoms with van der Waals surface area (Å²) in [6.45, 7) is 0. The normalized spacial score (nSPS) is 17.6. The molecule has 1 aromatic carbocycles. The molecule has 0 unspecified atom stereocenters. The number of carboxylic acids is 1. The minimum absolute atomic E-state index is 0.0798. The number of carbonyl (C=O) groups is 2. The lowest BCUT2D eigenvalue weighted by Gasteiger charge is -2.20. The van der Waals surface area contributed by atoms with Gasteiger partial charge in [-0.3, -0.25) is 15.2 Å². The van der Waals surface area contributed by atoms with Gasteiger partial charge in [0.15, 0.2) is 5.84 Å². The summed E-state index contributed by atoms with van der Waals surface area (Å²) >= 11 is 1.21. The summed E-state index contributed by atoms with van der Waals surface area (Å²) in [7, 11) is 0. The summed E-state index contributed by atoms with van der Waals surface area (Å²) in [5.74, 6) is -1.65. The van der Waals surface area contributed by atoms with E-state index in [-0.39, 0.29) is 17.0 Å². The number of carbonyl (C=O) groups excluding carboxylic acids is 1. The van der Waals surface area contributed by atoms with Gasteiger partial charge in [0.05, 0.1) is 11.1 Å². The first-order valence-corrected chi connectivity index (χ1v) is 8.58. The van der Waals surface area contributed by atoms with Crippen molar-refractivity contribution in [2.24, 2.45) is 10.1 Å². The van der Waals surface area contributed by atoms with Gasteiger partial charge in [-0.25, -0.2) is 4.79 Å². The highest BCUT2D eigenvalue weighted by Crippen LogP contribution is 2.30. The van der Waals surface area contributed by atoms with E-state index < -0.39 is 11.9 Å². The topological polar surface area (TPSA) is 119 Å². The van der Waals surface area contributed by atoms with Crippen molar-refractivity contribution < 1.29 is 14.7 Å². The third kappa shape index (κ3) is 3.15. The van der Waals surface area contributed by atoms with Crippen molar-refractivity contribution in [3.8, 4) is 0 Å². The van der Waals surface area contributed by atoms with Crippen LogP contribution in [0.4, 0.5) is 0 Å². The SMILES string of the molecule is N=C1/C(=C\c2ccc(C(=O)O)cc2)C(=O)N=C2SC(c3ccncc3)=NN12. The largest absolute Gasteiger partial charge is 0.478 e. The number of hydrogen-bond donors (Lipinski definition) is 2.